The highest BCUT2D eigenvalue weighted by Crippen LogP contribution is 2.43. The van der Waals surface area contributed by atoms with Gasteiger partial charge in [0.1, 0.15) is 28.4 Å². The maximum absolute atomic E-state index is 14.7. The van der Waals surface area contributed by atoms with E-state index in [4.69, 9.17) is 4.74 Å². The Morgan fingerprint density at radius 2 is 1.39 bits per heavy atom. The topological polar surface area (TPSA) is 155 Å². The van der Waals surface area contributed by atoms with Crippen molar-refractivity contribution in [2.45, 2.75) is 43.3 Å². The first-order valence-corrected chi connectivity index (χ1v) is 18.0. The van der Waals surface area contributed by atoms with Gasteiger partial charge in [-0.05, 0) is 60.4 Å². The van der Waals surface area contributed by atoms with E-state index >= 15 is 0 Å². The summed E-state index contributed by atoms with van der Waals surface area (Å²) >= 11 is 0. The molecule has 0 spiro atoms. The van der Waals surface area contributed by atoms with Crippen LogP contribution in [-0.4, -0.2) is 43.0 Å². The number of hydrogen-bond donors (Lipinski definition) is 2. The second-order valence-corrected chi connectivity index (χ2v) is 14.7. The number of carbonyl (C=O) groups excluding carboxylic acids is 2. The number of rotatable bonds is 9. The van der Waals surface area contributed by atoms with Gasteiger partial charge >= 0.3 is 0 Å². The minimum absolute atomic E-state index is 0.00138. The molecule has 5 aromatic rings. The number of carbonyl (C=O) groups is 2. The Morgan fingerprint density at radius 1 is 0.755 bits per heavy atom. The molecule has 1 heterocycles. The Balaban J connectivity index is 1.66. The van der Waals surface area contributed by atoms with Crippen LogP contribution in [0.1, 0.15) is 48.5 Å². The summed E-state index contributed by atoms with van der Waals surface area (Å²) in [7, 11) is -9.58. The molecular formula is C37H31NO9S2. The Hall–Kier alpha value is -5.14. The molecule has 6 rings (SSSR count). The van der Waals surface area contributed by atoms with Gasteiger partial charge < -0.3 is 9.64 Å². The third kappa shape index (κ3) is 6.90. The van der Waals surface area contributed by atoms with E-state index in [2.05, 4.69) is 0 Å². The molecule has 5 aromatic carbocycles. The fourth-order valence-electron chi connectivity index (χ4n) is 6.09. The molecule has 12 heteroatoms. The Morgan fingerprint density at radius 3 is 2.02 bits per heavy atom. The Kier molecular flexibility index (Phi) is 8.99. The summed E-state index contributed by atoms with van der Waals surface area (Å²) in [5.41, 5.74) is 4.16. The first-order valence-electron chi connectivity index (χ1n) is 15.1. The van der Waals surface area contributed by atoms with Gasteiger partial charge in [0.2, 0.25) is 0 Å². The van der Waals surface area contributed by atoms with Crippen LogP contribution in [-0.2, 0) is 39.9 Å². The van der Waals surface area contributed by atoms with Crippen molar-refractivity contribution in [3.8, 4) is 28.0 Å². The van der Waals surface area contributed by atoms with Crippen LogP contribution in [0.25, 0.3) is 22.3 Å². The molecule has 1 aliphatic rings. The van der Waals surface area contributed by atoms with E-state index in [9.17, 15) is 35.5 Å². The van der Waals surface area contributed by atoms with Crippen molar-refractivity contribution in [1.82, 2.24) is 4.90 Å². The maximum atomic E-state index is 14.7. The van der Waals surface area contributed by atoms with Crippen molar-refractivity contribution in [2.24, 2.45) is 0 Å². The van der Waals surface area contributed by atoms with Crippen LogP contribution in [0, 0.1) is 13.8 Å². The predicted octanol–water partition coefficient (Wildman–Crippen LogP) is 6.68. The van der Waals surface area contributed by atoms with Crippen molar-refractivity contribution in [3.63, 3.8) is 0 Å². The van der Waals surface area contributed by atoms with Crippen molar-refractivity contribution >= 4 is 32.4 Å². The van der Waals surface area contributed by atoms with Crippen molar-refractivity contribution in [3.05, 3.63) is 136 Å². The highest BCUT2D eigenvalue weighted by Gasteiger charge is 2.33. The fourth-order valence-corrected chi connectivity index (χ4v) is 7.47. The zero-order chi connectivity index (χ0) is 35.1. The molecule has 10 nitrogen and oxygen atoms in total. The lowest BCUT2D eigenvalue weighted by Gasteiger charge is -2.23. The van der Waals surface area contributed by atoms with Gasteiger partial charge in [-0.15, -0.1) is 0 Å². The molecule has 49 heavy (non-hydrogen) atoms. The van der Waals surface area contributed by atoms with Gasteiger partial charge in [-0.25, -0.2) is 0 Å². The molecule has 0 aromatic heterocycles. The summed E-state index contributed by atoms with van der Waals surface area (Å²) in [6.45, 7) is 3.67. The molecule has 0 unspecified atom stereocenters. The second-order valence-electron chi connectivity index (χ2n) is 11.9. The zero-order valence-electron chi connectivity index (χ0n) is 26.5. The number of ether oxygens (including phenoxy) is 1. The smallest absolute Gasteiger partial charge is 0.295 e. The van der Waals surface area contributed by atoms with Gasteiger partial charge in [0, 0.05) is 35.3 Å². The highest BCUT2D eigenvalue weighted by atomic mass is 32.2. The van der Waals surface area contributed by atoms with E-state index in [0.717, 1.165) is 17.4 Å². The standard InChI is InChI=1S/C37H31NO9S2/c1-23-11-13-34(48(41,42)43)29(15-23)28-17-31(30-16-24(2)12-14-35(30)49(44,45)46)36(33(18-28)47-22-25-7-4-3-5-8-25)37(40)38-19-26-9-6-10-27(21-39)32(26)20-38/h3-18,21H,19-20,22H2,1-2H3,(H,41,42,43)(H,44,45,46). The van der Waals surface area contributed by atoms with Crippen LogP contribution < -0.4 is 4.74 Å². The second kappa shape index (κ2) is 13.1. The summed E-state index contributed by atoms with van der Waals surface area (Å²) in [6, 6.07) is 25.8. The van der Waals surface area contributed by atoms with E-state index in [1.165, 1.54) is 47.4 Å². The number of amides is 1. The van der Waals surface area contributed by atoms with E-state index in [1.807, 2.05) is 36.4 Å². The Bertz CT molecular complexity index is 2350. The fraction of sp³-hybridized carbons (Fsp3) is 0.135. The molecule has 0 atom stereocenters. The molecule has 1 amide bonds. The lowest BCUT2D eigenvalue weighted by atomic mass is 9.91. The normalized spacial score (nSPS) is 12.9. The summed E-state index contributed by atoms with van der Waals surface area (Å²) < 4.78 is 77.5. The summed E-state index contributed by atoms with van der Waals surface area (Å²) in [5, 5.41) is 0. The quantitative estimate of drug-likeness (QED) is 0.127. The molecule has 0 radical (unpaired) electrons. The van der Waals surface area contributed by atoms with Crippen LogP contribution >= 0.6 is 0 Å². The summed E-state index contributed by atoms with van der Waals surface area (Å²) in [6.07, 6.45) is 0.723. The van der Waals surface area contributed by atoms with Gasteiger partial charge in [-0.3, -0.25) is 18.7 Å². The minimum atomic E-state index is -4.84. The van der Waals surface area contributed by atoms with E-state index in [-0.39, 0.29) is 53.3 Å². The lowest BCUT2D eigenvalue weighted by molar-refractivity contribution is 0.0746. The molecule has 250 valence electrons. The lowest BCUT2D eigenvalue weighted by Crippen LogP contribution is -2.27. The van der Waals surface area contributed by atoms with Crippen LogP contribution in [0.5, 0.6) is 5.75 Å². The van der Waals surface area contributed by atoms with E-state index in [0.29, 0.717) is 22.3 Å². The average Bonchev–Trinajstić information content (AvgIpc) is 3.51. The van der Waals surface area contributed by atoms with Crippen LogP contribution in [0.4, 0.5) is 0 Å². The number of benzene rings is 5. The van der Waals surface area contributed by atoms with Gasteiger partial charge in [-0.2, -0.15) is 16.8 Å². The van der Waals surface area contributed by atoms with Crippen LogP contribution in [0.3, 0.4) is 0 Å². The van der Waals surface area contributed by atoms with Crippen molar-refractivity contribution in [2.75, 3.05) is 0 Å². The number of aldehydes is 1. The minimum Gasteiger partial charge on any atom is -0.488 e. The van der Waals surface area contributed by atoms with E-state index in [1.54, 1.807) is 32.0 Å². The highest BCUT2D eigenvalue weighted by molar-refractivity contribution is 7.86. The first-order chi connectivity index (χ1) is 23.2. The van der Waals surface area contributed by atoms with Crippen LogP contribution in [0.2, 0.25) is 0 Å². The molecule has 0 saturated heterocycles. The maximum Gasteiger partial charge on any atom is 0.295 e. The molecule has 0 aliphatic carbocycles. The van der Waals surface area contributed by atoms with Crippen molar-refractivity contribution in [1.29, 1.82) is 0 Å². The zero-order valence-corrected chi connectivity index (χ0v) is 28.1. The van der Waals surface area contributed by atoms with Gasteiger partial charge in [0.25, 0.3) is 26.1 Å². The van der Waals surface area contributed by atoms with Gasteiger partial charge in [-0.1, -0.05) is 83.9 Å². The molecule has 1 aliphatic heterocycles. The molecule has 0 fully saturated rings. The number of aryl methyl sites for hydroxylation is 2. The third-order valence-corrected chi connectivity index (χ3v) is 10.2. The summed E-state index contributed by atoms with van der Waals surface area (Å²) in [4.78, 5) is 27.2. The molecular weight excluding hydrogens is 667 g/mol. The SMILES string of the molecule is Cc1ccc(S(=O)(=O)O)c(-c2cc(OCc3ccccc3)c(C(=O)N3Cc4cccc(C=O)c4C3)c(-c3cc(C)ccc3S(=O)(=O)O)c2)c1. The Labute approximate surface area is 284 Å². The first kappa shape index (κ1) is 33.7. The largest absolute Gasteiger partial charge is 0.488 e. The van der Waals surface area contributed by atoms with Gasteiger partial charge in [0.15, 0.2) is 0 Å². The number of fused-ring (bicyclic) bond motifs is 1. The number of hydrogen-bond acceptors (Lipinski definition) is 7. The van der Waals surface area contributed by atoms with Crippen molar-refractivity contribution < 1.29 is 40.3 Å². The molecule has 0 saturated carbocycles. The average molecular weight is 698 g/mol. The van der Waals surface area contributed by atoms with E-state index < -0.39 is 35.9 Å². The predicted molar refractivity (Wildman–Crippen MR) is 183 cm³/mol. The molecule has 2 N–H and O–H groups in total. The summed E-state index contributed by atoms with van der Waals surface area (Å²) in [5.74, 6) is -0.557. The third-order valence-electron chi connectivity index (χ3n) is 8.41. The van der Waals surface area contributed by atoms with Crippen LogP contribution in [0.15, 0.2) is 107 Å². The molecule has 0 bridgehead atoms. The number of nitrogens with zero attached hydrogens (tertiary/aromatic N) is 1. The van der Waals surface area contributed by atoms with Gasteiger partial charge in [0.05, 0.1) is 5.56 Å². The monoisotopic (exact) mass is 697 g/mol.